The minimum atomic E-state index is -0.499. The predicted octanol–water partition coefficient (Wildman–Crippen LogP) is 3.98. The van der Waals surface area contributed by atoms with Crippen LogP contribution in [0.25, 0.3) is 0 Å². The lowest BCUT2D eigenvalue weighted by Gasteiger charge is -2.08. The number of aromatic nitrogens is 2. The lowest BCUT2D eigenvalue weighted by Crippen LogP contribution is -2.26. The second-order valence-corrected chi connectivity index (χ2v) is 7.62. The van der Waals surface area contributed by atoms with Gasteiger partial charge in [0.15, 0.2) is 5.76 Å². The Bertz CT molecular complexity index is 1250. The molecule has 4 aromatic rings. The minimum absolute atomic E-state index is 0.0971. The van der Waals surface area contributed by atoms with E-state index in [-0.39, 0.29) is 30.3 Å². The summed E-state index contributed by atoms with van der Waals surface area (Å²) in [4.78, 5) is 25.3. The molecule has 0 saturated carbocycles. The van der Waals surface area contributed by atoms with Crippen molar-refractivity contribution in [3.05, 3.63) is 89.0 Å². The smallest absolute Gasteiger partial charge is 0.291 e. The molecule has 0 atom stereocenters. The Morgan fingerprint density at radius 2 is 1.85 bits per heavy atom. The number of nitrogens with one attached hydrogen (secondary N) is 2. The highest BCUT2D eigenvalue weighted by Gasteiger charge is 2.21. The number of hydrogen-bond donors (Lipinski definition) is 2. The van der Waals surface area contributed by atoms with Gasteiger partial charge >= 0.3 is 0 Å². The molecule has 0 bridgehead atoms. The van der Waals surface area contributed by atoms with Crippen LogP contribution >= 0.6 is 0 Å². The maximum atomic E-state index is 12.7. The average molecular weight is 448 g/mol. The van der Waals surface area contributed by atoms with Gasteiger partial charge in [0.05, 0.1) is 24.7 Å². The SMILES string of the molecule is Cc1cc(C)cc(OCc2ccc(C(=O)Nc3cnn(C)c3C(=O)NCc3ccco3)o2)c1. The van der Waals surface area contributed by atoms with Crippen LogP contribution in [0.3, 0.4) is 0 Å². The molecule has 170 valence electrons. The number of furan rings is 2. The first-order valence-electron chi connectivity index (χ1n) is 10.3. The number of amides is 2. The summed E-state index contributed by atoms with van der Waals surface area (Å²) in [6, 6.07) is 12.7. The fourth-order valence-corrected chi connectivity index (χ4v) is 3.39. The molecule has 0 unspecified atom stereocenters. The third-order valence-electron chi connectivity index (χ3n) is 4.87. The summed E-state index contributed by atoms with van der Waals surface area (Å²) in [6.45, 7) is 4.40. The van der Waals surface area contributed by atoms with Crippen molar-refractivity contribution < 1.29 is 23.2 Å². The molecule has 0 aliphatic carbocycles. The van der Waals surface area contributed by atoms with E-state index in [9.17, 15) is 9.59 Å². The number of anilines is 1. The van der Waals surface area contributed by atoms with Gasteiger partial charge in [-0.25, -0.2) is 0 Å². The number of ether oxygens (including phenoxy) is 1. The molecular formula is C24H24N4O5. The summed E-state index contributed by atoms with van der Waals surface area (Å²) in [5.74, 6) is 1.05. The van der Waals surface area contributed by atoms with Crippen molar-refractivity contribution in [2.75, 3.05) is 5.32 Å². The first-order valence-corrected chi connectivity index (χ1v) is 10.3. The molecule has 4 rings (SSSR count). The summed E-state index contributed by atoms with van der Waals surface area (Å²) >= 11 is 0. The monoisotopic (exact) mass is 448 g/mol. The average Bonchev–Trinajstić information content (AvgIpc) is 3.52. The molecule has 0 radical (unpaired) electrons. The lowest BCUT2D eigenvalue weighted by molar-refractivity contribution is 0.0939. The number of benzene rings is 1. The van der Waals surface area contributed by atoms with Crippen molar-refractivity contribution in [3.8, 4) is 5.75 Å². The summed E-state index contributed by atoms with van der Waals surface area (Å²) < 4.78 is 18.0. The molecule has 0 saturated heterocycles. The summed E-state index contributed by atoms with van der Waals surface area (Å²) in [5.41, 5.74) is 2.68. The van der Waals surface area contributed by atoms with Gasteiger partial charge in [0, 0.05) is 7.05 Å². The Morgan fingerprint density at radius 3 is 2.58 bits per heavy atom. The van der Waals surface area contributed by atoms with Gasteiger partial charge in [-0.05, 0) is 61.4 Å². The van der Waals surface area contributed by atoms with Gasteiger partial charge in [0.1, 0.15) is 29.6 Å². The Balaban J connectivity index is 1.38. The normalized spacial score (nSPS) is 10.8. The molecule has 2 amide bonds. The van der Waals surface area contributed by atoms with Crippen molar-refractivity contribution in [1.82, 2.24) is 15.1 Å². The minimum Gasteiger partial charge on any atom is -0.486 e. The Morgan fingerprint density at radius 1 is 1.06 bits per heavy atom. The van der Waals surface area contributed by atoms with Crippen molar-refractivity contribution in [2.24, 2.45) is 7.05 Å². The van der Waals surface area contributed by atoms with E-state index >= 15 is 0 Å². The molecule has 0 spiro atoms. The van der Waals surface area contributed by atoms with Crippen molar-refractivity contribution in [3.63, 3.8) is 0 Å². The molecule has 2 N–H and O–H groups in total. The molecule has 3 heterocycles. The van der Waals surface area contributed by atoms with Gasteiger partial charge in [0.25, 0.3) is 11.8 Å². The third kappa shape index (κ3) is 5.32. The van der Waals surface area contributed by atoms with Crippen LogP contribution in [0.15, 0.2) is 63.8 Å². The summed E-state index contributed by atoms with van der Waals surface area (Å²) in [5, 5.41) is 9.50. The van der Waals surface area contributed by atoms with Crippen LogP contribution in [-0.2, 0) is 20.2 Å². The van der Waals surface area contributed by atoms with Gasteiger partial charge in [-0.1, -0.05) is 6.07 Å². The van der Waals surface area contributed by atoms with Gasteiger partial charge < -0.3 is 24.2 Å². The zero-order chi connectivity index (χ0) is 23.4. The highest BCUT2D eigenvalue weighted by Crippen LogP contribution is 2.20. The first-order chi connectivity index (χ1) is 15.9. The van der Waals surface area contributed by atoms with E-state index in [0.717, 1.165) is 16.9 Å². The molecule has 0 aliphatic heterocycles. The maximum absolute atomic E-state index is 12.7. The van der Waals surface area contributed by atoms with E-state index in [4.69, 9.17) is 13.6 Å². The standard InChI is InChI=1S/C24H24N4O5/c1-15-9-16(2)11-19(10-15)32-14-18-6-7-21(33-18)23(29)27-20-13-26-28(3)22(20)24(30)25-12-17-5-4-8-31-17/h4-11,13H,12,14H2,1-3H3,(H,25,30)(H,27,29). The fraction of sp³-hybridized carbons (Fsp3) is 0.208. The molecule has 9 heteroatoms. The third-order valence-corrected chi connectivity index (χ3v) is 4.87. The number of carbonyl (C=O) groups is 2. The molecule has 9 nitrogen and oxygen atoms in total. The fourth-order valence-electron chi connectivity index (χ4n) is 3.39. The summed E-state index contributed by atoms with van der Waals surface area (Å²) in [7, 11) is 1.62. The zero-order valence-electron chi connectivity index (χ0n) is 18.5. The number of rotatable bonds is 8. The van der Waals surface area contributed by atoms with Crippen LogP contribution in [0.1, 0.15) is 43.7 Å². The van der Waals surface area contributed by atoms with Gasteiger partial charge in [-0.15, -0.1) is 0 Å². The molecule has 0 fully saturated rings. The van der Waals surface area contributed by atoms with Crippen molar-refractivity contribution in [2.45, 2.75) is 27.0 Å². The van der Waals surface area contributed by atoms with Crippen LogP contribution in [0.4, 0.5) is 5.69 Å². The molecule has 33 heavy (non-hydrogen) atoms. The van der Waals surface area contributed by atoms with E-state index in [1.807, 2.05) is 26.0 Å². The largest absolute Gasteiger partial charge is 0.486 e. The molecule has 1 aromatic carbocycles. The van der Waals surface area contributed by atoms with Crippen molar-refractivity contribution in [1.29, 1.82) is 0 Å². The van der Waals surface area contributed by atoms with E-state index in [1.165, 1.54) is 17.1 Å². The quantitative estimate of drug-likeness (QED) is 0.422. The maximum Gasteiger partial charge on any atom is 0.291 e. The topological polar surface area (TPSA) is 112 Å². The Kier molecular flexibility index (Phi) is 6.30. The Labute approximate surface area is 190 Å². The van der Waals surface area contributed by atoms with Gasteiger partial charge in [-0.2, -0.15) is 5.10 Å². The highest BCUT2D eigenvalue weighted by atomic mass is 16.5. The van der Waals surface area contributed by atoms with E-state index in [2.05, 4.69) is 21.8 Å². The Hall–Kier alpha value is -4.27. The number of aryl methyl sites for hydroxylation is 3. The second-order valence-electron chi connectivity index (χ2n) is 7.62. The van der Waals surface area contributed by atoms with E-state index in [0.29, 0.717) is 11.5 Å². The van der Waals surface area contributed by atoms with Crippen LogP contribution < -0.4 is 15.4 Å². The summed E-state index contributed by atoms with van der Waals surface area (Å²) in [6.07, 6.45) is 2.94. The number of nitrogens with zero attached hydrogens (tertiary/aromatic N) is 2. The van der Waals surface area contributed by atoms with Crippen LogP contribution in [0, 0.1) is 13.8 Å². The number of carbonyl (C=O) groups excluding carboxylic acids is 2. The molecule has 3 aromatic heterocycles. The van der Waals surface area contributed by atoms with Crippen LogP contribution in [-0.4, -0.2) is 21.6 Å². The number of hydrogen-bond acceptors (Lipinski definition) is 6. The van der Waals surface area contributed by atoms with Crippen LogP contribution in [0.5, 0.6) is 5.75 Å². The lowest BCUT2D eigenvalue weighted by atomic mass is 10.1. The molecule has 0 aliphatic rings. The van der Waals surface area contributed by atoms with Crippen LogP contribution in [0.2, 0.25) is 0 Å². The zero-order valence-corrected chi connectivity index (χ0v) is 18.5. The predicted molar refractivity (Wildman–Crippen MR) is 120 cm³/mol. The first kappa shape index (κ1) is 21.9. The van der Waals surface area contributed by atoms with E-state index < -0.39 is 11.8 Å². The van der Waals surface area contributed by atoms with E-state index in [1.54, 1.807) is 31.3 Å². The van der Waals surface area contributed by atoms with Gasteiger partial charge in [-0.3, -0.25) is 14.3 Å². The second kappa shape index (κ2) is 9.47. The van der Waals surface area contributed by atoms with Crippen molar-refractivity contribution >= 4 is 17.5 Å². The highest BCUT2D eigenvalue weighted by molar-refractivity contribution is 6.07. The molecular weight excluding hydrogens is 424 g/mol. The van der Waals surface area contributed by atoms with Gasteiger partial charge in [0.2, 0.25) is 0 Å².